The minimum absolute atomic E-state index is 0.146. The molecule has 0 bridgehead atoms. The number of amides is 1. The van der Waals surface area contributed by atoms with Gasteiger partial charge in [-0.05, 0) is 36.4 Å². The number of benzene rings is 1. The van der Waals surface area contributed by atoms with Gasteiger partial charge in [0.25, 0.3) is 5.91 Å². The number of pyridine rings is 1. The largest absolute Gasteiger partial charge is 0.346 e. The van der Waals surface area contributed by atoms with E-state index in [1.165, 1.54) is 0 Å². The number of hydrogen-bond donors (Lipinski definition) is 1. The first kappa shape index (κ1) is 15.4. The van der Waals surface area contributed by atoms with E-state index in [1.807, 2.05) is 39.6 Å². The molecule has 0 spiro atoms. The van der Waals surface area contributed by atoms with Crippen LogP contribution < -0.4 is 5.32 Å². The van der Waals surface area contributed by atoms with Crippen molar-refractivity contribution in [2.75, 3.05) is 0 Å². The molecular formula is C18H14ClN5O. The van der Waals surface area contributed by atoms with E-state index in [9.17, 15) is 4.79 Å². The third kappa shape index (κ3) is 3.25. The van der Waals surface area contributed by atoms with E-state index in [0.29, 0.717) is 17.1 Å². The summed E-state index contributed by atoms with van der Waals surface area (Å²) in [6, 6.07) is 11.0. The minimum atomic E-state index is -0.146. The fourth-order valence-electron chi connectivity index (χ4n) is 2.57. The zero-order valence-corrected chi connectivity index (χ0v) is 13.9. The van der Waals surface area contributed by atoms with Gasteiger partial charge in [0.15, 0.2) is 0 Å². The van der Waals surface area contributed by atoms with Crippen LogP contribution in [-0.2, 0) is 6.54 Å². The SMILES string of the molecule is O=C(NCc1cn2cc(Cl)ccc2n1)c1ccc(-n2ccnc2)cc1. The molecule has 1 amide bonds. The fraction of sp³-hybridized carbons (Fsp3) is 0.0556. The van der Waals surface area contributed by atoms with E-state index in [1.54, 1.807) is 36.9 Å². The number of nitrogens with zero attached hydrogens (tertiary/aromatic N) is 4. The van der Waals surface area contributed by atoms with E-state index in [-0.39, 0.29) is 5.91 Å². The Morgan fingerprint density at radius 1 is 1.12 bits per heavy atom. The van der Waals surface area contributed by atoms with Crippen molar-refractivity contribution in [2.45, 2.75) is 6.54 Å². The number of hydrogen-bond acceptors (Lipinski definition) is 3. The summed E-state index contributed by atoms with van der Waals surface area (Å²) in [6.45, 7) is 0.349. The van der Waals surface area contributed by atoms with Crippen molar-refractivity contribution in [3.63, 3.8) is 0 Å². The number of rotatable bonds is 4. The summed E-state index contributed by atoms with van der Waals surface area (Å²) in [5, 5.41) is 3.52. The first-order valence-corrected chi connectivity index (χ1v) is 8.06. The number of imidazole rings is 2. The Balaban J connectivity index is 1.44. The van der Waals surface area contributed by atoms with E-state index < -0.39 is 0 Å². The summed E-state index contributed by atoms with van der Waals surface area (Å²) in [7, 11) is 0. The van der Waals surface area contributed by atoms with Gasteiger partial charge in [0.2, 0.25) is 0 Å². The Hall–Kier alpha value is -3.12. The smallest absolute Gasteiger partial charge is 0.251 e. The Labute approximate surface area is 148 Å². The van der Waals surface area contributed by atoms with E-state index in [2.05, 4.69) is 15.3 Å². The Morgan fingerprint density at radius 2 is 1.96 bits per heavy atom. The average Bonchev–Trinajstić information content (AvgIpc) is 3.29. The topological polar surface area (TPSA) is 64.2 Å². The molecule has 4 rings (SSSR count). The highest BCUT2D eigenvalue weighted by molar-refractivity contribution is 6.30. The van der Waals surface area contributed by atoms with E-state index in [0.717, 1.165) is 17.0 Å². The average molecular weight is 352 g/mol. The molecular weight excluding hydrogens is 338 g/mol. The van der Waals surface area contributed by atoms with Crippen molar-refractivity contribution in [3.8, 4) is 5.69 Å². The molecule has 7 heteroatoms. The molecule has 0 aliphatic heterocycles. The molecule has 0 saturated heterocycles. The molecule has 0 radical (unpaired) electrons. The van der Waals surface area contributed by atoms with Gasteiger partial charge in [-0.15, -0.1) is 0 Å². The summed E-state index contributed by atoms with van der Waals surface area (Å²) in [4.78, 5) is 20.8. The molecule has 1 aromatic carbocycles. The normalized spacial score (nSPS) is 10.9. The van der Waals surface area contributed by atoms with Gasteiger partial charge >= 0.3 is 0 Å². The number of carbonyl (C=O) groups is 1. The Morgan fingerprint density at radius 3 is 2.72 bits per heavy atom. The van der Waals surface area contributed by atoms with Crippen LogP contribution in [0, 0.1) is 0 Å². The van der Waals surface area contributed by atoms with Gasteiger partial charge in [-0.2, -0.15) is 0 Å². The lowest BCUT2D eigenvalue weighted by Gasteiger charge is -2.05. The molecule has 4 aromatic rings. The van der Waals surface area contributed by atoms with Crippen LogP contribution in [0.15, 0.2) is 67.5 Å². The third-order valence-corrected chi connectivity index (χ3v) is 4.05. The van der Waals surface area contributed by atoms with Crippen molar-refractivity contribution < 1.29 is 4.79 Å². The molecule has 0 fully saturated rings. The molecule has 0 saturated carbocycles. The van der Waals surface area contributed by atoms with Crippen molar-refractivity contribution in [2.24, 2.45) is 0 Å². The highest BCUT2D eigenvalue weighted by Gasteiger charge is 2.08. The maximum atomic E-state index is 12.3. The molecule has 124 valence electrons. The maximum absolute atomic E-state index is 12.3. The lowest BCUT2D eigenvalue weighted by atomic mass is 10.2. The van der Waals surface area contributed by atoms with Crippen LogP contribution in [0.25, 0.3) is 11.3 Å². The summed E-state index contributed by atoms with van der Waals surface area (Å²) in [6.07, 6.45) is 8.91. The first-order valence-electron chi connectivity index (χ1n) is 7.69. The van der Waals surface area contributed by atoms with Gasteiger partial charge in [0, 0.05) is 36.0 Å². The summed E-state index contributed by atoms with van der Waals surface area (Å²) < 4.78 is 3.72. The highest BCUT2D eigenvalue weighted by atomic mass is 35.5. The first-order chi connectivity index (χ1) is 12.2. The highest BCUT2D eigenvalue weighted by Crippen LogP contribution is 2.12. The van der Waals surface area contributed by atoms with Crippen molar-refractivity contribution in [3.05, 3.63) is 83.8 Å². The van der Waals surface area contributed by atoms with Crippen molar-refractivity contribution >= 4 is 23.2 Å². The minimum Gasteiger partial charge on any atom is -0.346 e. The molecule has 0 unspecified atom stereocenters. The molecule has 25 heavy (non-hydrogen) atoms. The van der Waals surface area contributed by atoms with Crippen LogP contribution >= 0.6 is 11.6 Å². The predicted molar refractivity (Wildman–Crippen MR) is 94.9 cm³/mol. The molecule has 6 nitrogen and oxygen atoms in total. The number of fused-ring (bicyclic) bond motifs is 1. The van der Waals surface area contributed by atoms with E-state index in [4.69, 9.17) is 11.6 Å². The van der Waals surface area contributed by atoms with Crippen LogP contribution in [0.3, 0.4) is 0 Å². The standard InChI is InChI=1S/C18H14ClN5O/c19-14-3-6-17-22-15(11-24(17)10-14)9-21-18(25)13-1-4-16(5-2-13)23-8-7-20-12-23/h1-8,10-12H,9H2,(H,21,25). The van der Waals surface area contributed by atoms with Crippen LogP contribution in [0.1, 0.15) is 16.1 Å². The molecule has 1 N–H and O–H groups in total. The number of nitrogens with one attached hydrogen (secondary N) is 1. The van der Waals surface area contributed by atoms with Gasteiger partial charge in [-0.3, -0.25) is 4.79 Å². The second-order valence-corrected chi connectivity index (χ2v) is 5.98. The lowest BCUT2D eigenvalue weighted by molar-refractivity contribution is 0.0950. The number of carbonyl (C=O) groups excluding carboxylic acids is 1. The third-order valence-electron chi connectivity index (χ3n) is 3.83. The monoisotopic (exact) mass is 351 g/mol. The molecule has 0 aliphatic carbocycles. The summed E-state index contributed by atoms with van der Waals surface area (Å²) >= 11 is 5.96. The molecule has 3 aromatic heterocycles. The maximum Gasteiger partial charge on any atom is 0.251 e. The second kappa shape index (κ2) is 6.41. The Bertz CT molecular complexity index is 1020. The van der Waals surface area contributed by atoms with Gasteiger partial charge in [-0.25, -0.2) is 9.97 Å². The van der Waals surface area contributed by atoms with Gasteiger partial charge in [0.05, 0.1) is 23.6 Å². The molecule has 3 heterocycles. The van der Waals surface area contributed by atoms with Gasteiger partial charge < -0.3 is 14.3 Å². The second-order valence-electron chi connectivity index (χ2n) is 5.54. The summed E-state index contributed by atoms with van der Waals surface area (Å²) in [5.41, 5.74) is 3.10. The Kier molecular flexibility index (Phi) is 3.95. The molecule has 0 aliphatic rings. The van der Waals surface area contributed by atoms with Gasteiger partial charge in [-0.1, -0.05) is 11.6 Å². The van der Waals surface area contributed by atoms with Crippen molar-refractivity contribution in [1.82, 2.24) is 24.3 Å². The number of halogens is 1. The van der Waals surface area contributed by atoms with Crippen molar-refractivity contribution in [1.29, 1.82) is 0 Å². The zero-order valence-electron chi connectivity index (χ0n) is 13.1. The number of aromatic nitrogens is 4. The van der Waals surface area contributed by atoms with Crippen LogP contribution in [-0.4, -0.2) is 24.8 Å². The quantitative estimate of drug-likeness (QED) is 0.614. The molecule has 0 atom stereocenters. The van der Waals surface area contributed by atoms with Crippen LogP contribution in [0.2, 0.25) is 5.02 Å². The zero-order chi connectivity index (χ0) is 17.2. The fourth-order valence-corrected chi connectivity index (χ4v) is 2.74. The summed E-state index contributed by atoms with van der Waals surface area (Å²) in [5.74, 6) is -0.146. The van der Waals surface area contributed by atoms with Gasteiger partial charge in [0.1, 0.15) is 5.65 Å². The predicted octanol–water partition coefficient (Wildman–Crippen LogP) is 3.10. The lowest BCUT2D eigenvalue weighted by Crippen LogP contribution is -2.22. The van der Waals surface area contributed by atoms with Crippen LogP contribution in [0.5, 0.6) is 0 Å². The van der Waals surface area contributed by atoms with Crippen LogP contribution in [0.4, 0.5) is 0 Å². The van der Waals surface area contributed by atoms with E-state index >= 15 is 0 Å².